The highest BCUT2D eigenvalue weighted by molar-refractivity contribution is 9.10. The number of benzene rings is 2. The average Bonchev–Trinajstić information content (AvgIpc) is 2.34. The SMILES string of the molecule is Cc1ccc(C(O)c2c(F)ccc(Br)c2F)c(F)c1. The molecule has 0 amide bonds. The number of hydrogen-bond acceptors (Lipinski definition) is 1. The molecule has 0 aliphatic rings. The minimum absolute atomic E-state index is 0.00969. The fourth-order valence-electron chi connectivity index (χ4n) is 1.80. The molecule has 5 heteroatoms. The number of aryl methyl sites for hydroxylation is 1. The lowest BCUT2D eigenvalue weighted by Crippen LogP contribution is -2.08. The highest BCUT2D eigenvalue weighted by Gasteiger charge is 2.23. The molecule has 1 N–H and O–H groups in total. The van der Waals surface area contributed by atoms with E-state index in [4.69, 9.17) is 0 Å². The van der Waals surface area contributed by atoms with Crippen LogP contribution in [0.15, 0.2) is 34.8 Å². The van der Waals surface area contributed by atoms with E-state index in [1.807, 2.05) is 0 Å². The molecule has 0 aliphatic carbocycles. The Balaban J connectivity index is 2.56. The van der Waals surface area contributed by atoms with Crippen LogP contribution in [0.2, 0.25) is 0 Å². The fourth-order valence-corrected chi connectivity index (χ4v) is 2.15. The topological polar surface area (TPSA) is 20.2 Å². The minimum atomic E-state index is -1.70. The molecule has 1 atom stereocenters. The van der Waals surface area contributed by atoms with Crippen molar-refractivity contribution >= 4 is 15.9 Å². The summed E-state index contributed by atoms with van der Waals surface area (Å²) in [7, 11) is 0. The molecule has 0 saturated carbocycles. The molecule has 1 unspecified atom stereocenters. The Morgan fingerprint density at radius 3 is 2.37 bits per heavy atom. The molecule has 100 valence electrons. The number of rotatable bonds is 2. The molecule has 0 fully saturated rings. The molecule has 2 rings (SSSR count). The molecule has 0 bridgehead atoms. The van der Waals surface area contributed by atoms with E-state index in [0.717, 1.165) is 6.07 Å². The number of aliphatic hydroxyl groups is 1. The highest BCUT2D eigenvalue weighted by atomic mass is 79.9. The molecule has 0 saturated heterocycles. The zero-order valence-electron chi connectivity index (χ0n) is 9.92. The monoisotopic (exact) mass is 330 g/mol. The minimum Gasteiger partial charge on any atom is -0.383 e. The molecule has 1 nitrogen and oxygen atoms in total. The van der Waals surface area contributed by atoms with Gasteiger partial charge in [-0.15, -0.1) is 0 Å². The van der Waals surface area contributed by atoms with Gasteiger partial charge in [0.15, 0.2) is 0 Å². The van der Waals surface area contributed by atoms with Gasteiger partial charge in [-0.25, -0.2) is 13.2 Å². The zero-order valence-corrected chi connectivity index (χ0v) is 11.5. The normalized spacial score (nSPS) is 12.5. The Morgan fingerprint density at radius 1 is 1.05 bits per heavy atom. The Hall–Kier alpha value is -1.33. The number of aliphatic hydroxyl groups excluding tert-OH is 1. The second-order valence-electron chi connectivity index (χ2n) is 4.18. The van der Waals surface area contributed by atoms with Gasteiger partial charge in [-0.1, -0.05) is 12.1 Å². The third-order valence-corrected chi connectivity index (χ3v) is 3.42. The average molecular weight is 331 g/mol. The summed E-state index contributed by atoms with van der Waals surface area (Å²) in [5.74, 6) is -2.56. The highest BCUT2D eigenvalue weighted by Crippen LogP contribution is 2.31. The van der Waals surface area contributed by atoms with Gasteiger partial charge in [0.25, 0.3) is 0 Å². The van der Waals surface area contributed by atoms with E-state index in [1.165, 1.54) is 18.2 Å². The maximum Gasteiger partial charge on any atom is 0.146 e. The first-order valence-corrected chi connectivity index (χ1v) is 6.28. The fraction of sp³-hybridized carbons (Fsp3) is 0.143. The lowest BCUT2D eigenvalue weighted by atomic mass is 9.99. The number of hydrogen-bond donors (Lipinski definition) is 1. The van der Waals surface area contributed by atoms with Crippen molar-refractivity contribution in [3.8, 4) is 0 Å². The van der Waals surface area contributed by atoms with E-state index in [9.17, 15) is 18.3 Å². The summed E-state index contributed by atoms with van der Waals surface area (Å²) in [6.07, 6.45) is -1.70. The van der Waals surface area contributed by atoms with Crippen LogP contribution in [-0.4, -0.2) is 5.11 Å². The van der Waals surface area contributed by atoms with Gasteiger partial charge in [-0.3, -0.25) is 0 Å². The summed E-state index contributed by atoms with van der Waals surface area (Å²) in [6, 6.07) is 6.28. The van der Waals surface area contributed by atoms with Gasteiger partial charge < -0.3 is 5.11 Å². The van der Waals surface area contributed by atoms with E-state index in [2.05, 4.69) is 15.9 Å². The van der Waals surface area contributed by atoms with Gasteiger partial charge in [0.05, 0.1) is 10.0 Å². The van der Waals surface area contributed by atoms with Crippen molar-refractivity contribution in [2.75, 3.05) is 0 Å². The predicted molar refractivity (Wildman–Crippen MR) is 69.3 cm³/mol. The van der Waals surface area contributed by atoms with Crippen molar-refractivity contribution in [2.45, 2.75) is 13.0 Å². The molecule has 0 radical (unpaired) electrons. The molecule has 0 aromatic heterocycles. The van der Waals surface area contributed by atoms with Crippen LogP contribution < -0.4 is 0 Å². The molecule has 19 heavy (non-hydrogen) atoms. The van der Waals surface area contributed by atoms with E-state index < -0.39 is 29.1 Å². The van der Waals surface area contributed by atoms with Crippen LogP contribution in [0, 0.1) is 24.4 Å². The smallest absolute Gasteiger partial charge is 0.146 e. The second kappa shape index (κ2) is 5.35. The number of halogens is 4. The molecule has 0 aliphatic heterocycles. The van der Waals surface area contributed by atoms with Gasteiger partial charge in [-0.2, -0.15) is 0 Å². The van der Waals surface area contributed by atoms with Gasteiger partial charge in [0.1, 0.15) is 23.6 Å². The van der Waals surface area contributed by atoms with E-state index in [-0.39, 0.29) is 10.0 Å². The van der Waals surface area contributed by atoms with Crippen molar-refractivity contribution in [3.63, 3.8) is 0 Å². The van der Waals surface area contributed by atoms with Crippen LogP contribution >= 0.6 is 15.9 Å². The first-order valence-electron chi connectivity index (χ1n) is 5.49. The summed E-state index contributed by atoms with van der Waals surface area (Å²) in [5.41, 5.74) is -0.0812. The maximum atomic E-state index is 13.8. The zero-order chi connectivity index (χ0) is 14.2. The third kappa shape index (κ3) is 2.67. The van der Waals surface area contributed by atoms with E-state index in [1.54, 1.807) is 13.0 Å². The van der Waals surface area contributed by atoms with Crippen LogP contribution in [0.4, 0.5) is 13.2 Å². The van der Waals surface area contributed by atoms with Gasteiger partial charge in [0, 0.05) is 5.56 Å². The van der Waals surface area contributed by atoms with Crippen molar-refractivity contribution in [1.29, 1.82) is 0 Å². The van der Waals surface area contributed by atoms with Crippen LogP contribution in [0.25, 0.3) is 0 Å². The van der Waals surface area contributed by atoms with Crippen LogP contribution in [0.3, 0.4) is 0 Å². The first kappa shape index (κ1) is 14.1. The van der Waals surface area contributed by atoms with Crippen LogP contribution in [0.1, 0.15) is 22.8 Å². The van der Waals surface area contributed by atoms with E-state index in [0.29, 0.717) is 5.56 Å². The van der Waals surface area contributed by atoms with E-state index >= 15 is 0 Å². The summed E-state index contributed by atoms with van der Waals surface area (Å²) < 4.78 is 41.2. The van der Waals surface area contributed by atoms with Crippen molar-refractivity contribution in [2.24, 2.45) is 0 Å². The van der Waals surface area contributed by atoms with Crippen molar-refractivity contribution < 1.29 is 18.3 Å². The van der Waals surface area contributed by atoms with Gasteiger partial charge in [0.2, 0.25) is 0 Å². The standard InChI is InChI=1S/C14H10BrF3O/c1-7-2-3-8(11(17)6-7)14(19)12-10(16)5-4-9(15)13(12)18/h2-6,14,19H,1H3. The Bertz CT molecular complexity index is 628. The Labute approximate surface area is 116 Å². The molecule has 0 spiro atoms. The Kier molecular flexibility index (Phi) is 3.96. The summed E-state index contributed by atoms with van der Waals surface area (Å²) in [5, 5.41) is 10.0. The van der Waals surface area contributed by atoms with Crippen molar-refractivity contribution in [3.05, 3.63) is 68.9 Å². The lowest BCUT2D eigenvalue weighted by molar-refractivity contribution is 0.203. The van der Waals surface area contributed by atoms with Crippen LogP contribution in [-0.2, 0) is 0 Å². The molecule has 2 aromatic carbocycles. The largest absolute Gasteiger partial charge is 0.383 e. The third-order valence-electron chi connectivity index (χ3n) is 2.80. The summed E-state index contributed by atoms with van der Waals surface area (Å²) >= 11 is 2.90. The first-order chi connectivity index (χ1) is 8.91. The lowest BCUT2D eigenvalue weighted by Gasteiger charge is -2.15. The molecular formula is C14H10BrF3O. The Morgan fingerprint density at radius 2 is 1.74 bits per heavy atom. The predicted octanol–water partition coefficient (Wildman–Crippen LogP) is 4.26. The van der Waals surface area contributed by atoms with Crippen molar-refractivity contribution in [1.82, 2.24) is 0 Å². The quantitative estimate of drug-likeness (QED) is 0.816. The maximum absolute atomic E-state index is 13.8. The second-order valence-corrected chi connectivity index (χ2v) is 5.04. The van der Waals surface area contributed by atoms with Gasteiger partial charge >= 0.3 is 0 Å². The summed E-state index contributed by atoms with van der Waals surface area (Å²) in [4.78, 5) is 0. The summed E-state index contributed by atoms with van der Waals surface area (Å²) in [6.45, 7) is 1.68. The molecule has 0 heterocycles. The van der Waals surface area contributed by atoms with Gasteiger partial charge in [-0.05, 0) is 46.6 Å². The molecular weight excluding hydrogens is 321 g/mol. The molecule has 2 aromatic rings. The van der Waals surface area contributed by atoms with Crippen LogP contribution in [0.5, 0.6) is 0 Å².